The maximum absolute atomic E-state index is 13.6. The number of esters is 1. The molecular formula is C27H33N3O3. The highest BCUT2D eigenvalue weighted by Gasteiger charge is 2.37. The zero-order valence-electron chi connectivity index (χ0n) is 19.8. The van der Waals surface area contributed by atoms with Gasteiger partial charge in [0.1, 0.15) is 6.04 Å². The van der Waals surface area contributed by atoms with Crippen molar-refractivity contribution in [3.63, 3.8) is 0 Å². The number of aryl methyl sites for hydroxylation is 2. The Balaban J connectivity index is 1.61. The van der Waals surface area contributed by atoms with Crippen molar-refractivity contribution in [2.75, 3.05) is 19.7 Å². The predicted molar refractivity (Wildman–Crippen MR) is 129 cm³/mol. The number of ether oxygens (including phenoxy) is 1. The summed E-state index contributed by atoms with van der Waals surface area (Å²) in [7, 11) is 0. The molecule has 6 heteroatoms. The molecule has 2 aromatic rings. The Labute approximate surface area is 196 Å². The molecule has 2 aromatic carbocycles. The van der Waals surface area contributed by atoms with Crippen molar-refractivity contribution in [1.29, 1.82) is 0 Å². The Hall–Kier alpha value is -2.99. The van der Waals surface area contributed by atoms with Crippen molar-refractivity contribution in [1.82, 2.24) is 9.91 Å². The average Bonchev–Trinajstić information content (AvgIpc) is 3.27. The van der Waals surface area contributed by atoms with E-state index < -0.39 is 0 Å². The number of piperidine rings is 1. The molecule has 0 spiro atoms. The summed E-state index contributed by atoms with van der Waals surface area (Å²) < 4.78 is 5.28. The van der Waals surface area contributed by atoms with Gasteiger partial charge < -0.3 is 4.74 Å². The SMILES string of the molecule is CCOC(=O)[C@@H]1CCCCN1CC(=O)N1N=C(c2cc(C)ccc2C)C[C@H]1c1ccccc1. The number of benzene rings is 2. The lowest BCUT2D eigenvalue weighted by Crippen LogP contribution is -2.49. The third-order valence-electron chi connectivity index (χ3n) is 6.56. The molecule has 6 nitrogen and oxygen atoms in total. The van der Waals surface area contributed by atoms with E-state index in [9.17, 15) is 9.59 Å². The molecule has 0 unspecified atom stereocenters. The van der Waals surface area contributed by atoms with Crippen LogP contribution in [0.3, 0.4) is 0 Å². The Morgan fingerprint density at radius 3 is 2.64 bits per heavy atom. The second-order valence-corrected chi connectivity index (χ2v) is 8.97. The molecule has 1 fully saturated rings. The lowest BCUT2D eigenvalue weighted by atomic mass is 9.95. The maximum Gasteiger partial charge on any atom is 0.323 e. The van der Waals surface area contributed by atoms with E-state index in [1.54, 1.807) is 5.01 Å². The average molecular weight is 448 g/mol. The molecule has 174 valence electrons. The van der Waals surface area contributed by atoms with Crippen LogP contribution in [0.25, 0.3) is 0 Å². The minimum absolute atomic E-state index is 0.0830. The van der Waals surface area contributed by atoms with Gasteiger partial charge in [0.2, 0.25) is 0 Å². The van der Waals surface area contributed by atoms with Crippen LogP contribution >= 0.6 is 0 Å². The molecular weight excluding hydrogens is 414 g/mol. The van der Waals surface area contributed by atoms with E-state index >= 15 is 0 Å². The standard InChI is InChI=1S/C27H33N3O3/c1-4-33-27(32)24-12-8-9-15-29(24)18-26(31)30-25(21-10-6-5-7-11-21)17-23(28-30)22-16-19(2)13-14-20(22)3/h5-7,10-11,13-14,16,24-25H,4,8-9,12,15,17-18H2,1-3H3/t24-,25-/m0/s1. The number of hydrogen-bond acceptors (Lipinski definition) is 5. The molecule has 0 aromatic heterocycles. The van der Waals surface area contributed by atoms with Gasteiger partial charge in [0.15, 0.2) is 0 Å². The first-order chi connectivity index (χ1) is 16.0. The topological polar surface area (TPSA) is 62.2 Å². The molecule has 2 aliphatic heterocycles. The minimum Gasteiger partial charge on any atom is -0.465 e. The molecule has 0 radical (unpaired) electrons. The monoisotopic (exact) mass is 447 g/mol. The number of likely N-dealkylation sites (tertiary alicyclic amines) is 1. The van der Waals surface area contributed by atoms with Crippen LogP contribution in [0.1, 0.15) is 60.9 Å². The highest BCUT2D eigenvalue weighted by molar-refractivity contribution is 6.04. The van der Waals surface area contributed by atoms with Crippen molar-refractivity contribution in [2.24, 2.45) is 5.10 Å². The number of hydrazone groups is 1. The molecule has 0 aliphatic carbocycles. The van der Waals surface area contributed by atoms with Crippen LogP contribution < -0.4 is 0 Å². The van der Waals surface area contributed by atoms with Crippen molar-refractivity contribution in [3.05, 3.63) is 70.8 Å². The third kappa shape index (κ3) is 5.17. The number of carbonyl (C=O) groups excluding carboxylic acids is 2. The second-order valence-electron chi connectivity index (χ2n) is 8.97. The fraction of sp³-hybridized carbons (Fsp3) is 0.444. The van der Waals surface area contributed by atoms with Crippen LogP contribution in [0.4, 0.5) is 0 Å². The van der Waals surface area contributed by atoms with Gasteiger partial charge in [0.25, 0.3) is 5.91 Å². The van der Waals surface area contributed by atoms with Crippen LogP contribution in [0.2, 0.25) is 0 Å². The van der Waals surface area contributed by atoms with Crippen LogP contribution in [0.5, 0.6) is 0 Å². The Bertz CT molecular complexity index is 1030. The molecule has 0 N–H and O–H groups in total. The molecule has 0 bridgehead atoms. The van der Waals surface area contributed by atoms with E-state index in [0.717, 1.165) is 41.7 Å². The van der Waals surface area contributed by atoms with Gasteiger partial charge in [-0.25, -0.2) is 5.01 Å². The largest absolute Gasteiger partial charge is 0.465 e. The van der Waals surface area contributed by atoms with Gasteiger partial charge in [-0.15, -0.1) is 0 Å². The molecule has 2 atom stereocenters. The minimum atomic E-state index is -0.358. The van der Waals surface area contributed by atoms with Gasteiger partial charge in [0.05, 0.1) is 24.9 Å². The van der Waals surface area contributed by atoms with Gasteiger partial charge in [0, 0.05) is 12.0 Å². The summed E-state index contributed by atoms with van der Waals surface area (Å²) in [5.41, 5.74) is 5.41. The van der Waals surface area contributed by atoms with E-state index in [-0.39, 0.29) is 30.5 Å². The van der Waals surface area contributed by atoms with Crippen molar-refractivity contribution >= 4 is 17.6 Å². The normalized spacial score (nSPS) is 21.1. The van der Waals surface area contributed by atoms with E-state index in [4.69, 9.17) is 9.84 Å². The number of hydrogen-bond donors (Lipinski definition) is 0. The van der Waals surface area contributed by atoms with Crippen molar-refractivity contribution < 1.29 is 14.3 Å². The second kappa shape index (κ2) is 10.3. The first-order valence-electron chi connectivity index (χ1n) is 11.9. The molecule has 0 saturated carbocycles. The molecule has 1 saturated heterocycles. The number of carbonyl (C=O) groups is 2. The van der Waals surface area contributed by atoms with Gasteiger partial charge in [-0.05, 0) is 57.4 Å². The van der Waals surface area contributed by atoms with Crippen molar-refractivity contribution in [2.45, 2.75) is 58.5 Å². The first kappa shape index (κ1) is 23.2. The molecule has 1 amide bonds. The van der Waals surface area contributed by atoms with Gasteiger partial charge in [-0.3, -0.25) is 14.5 Å². The van der Waals surface area contributed by atoms with Crippen LogP contribution in [-0.2, 0) is 14.3 Å². The van der Waals surface area contributed by atoms with E-state index in [1.807, 2.05) is 30.0 Å². The summed E-state index contributed by atoms with van der Waals surface area (Å²) >= 11 is 0. The fourth-order valence-corrected chi connectivity index (χ4v) is 4.82. The molecule has 2 aliphatic rings. The maximum atomic E-state index is 13.6. The van der Waals surface area contributed by atoms with Crippen molar-refractivity contribution in [3.8, 4) is 0 Å². The molecule has 4 rings (SSSR count). The molecule has 33 heavy (non-hydrogen) atoms. The quantitative estimate of drug-likeness (QED) is 0.616. The predicted octanol–water partition coefficient (Wildman–Crippen LogP) is 4.40. The number of nitrogens with zero attached hydrogens (tertiary/aromatic N) is 3. The van der Waals surface area contributed by atoms with Gasteiger partial charge in [-0.1, -0.05) is 54.4 Å². The van der Waals surface area contributed by atoms with Gasteiger partial charge in [-0.2, -0.15) is 5.10 Å². The van der Waals surface area contributed by atoms with Gasteiger partial charge >= 0.3 is 5.97 Å². The highest BCUT2D eigenvalue weighted by Crippen LogP contribution is 2.34. The van der Waals surface area contributed by atoms with Crippen LogP contribution in [0, 0.1) is 13.8 Å². The summed E-state index contributed by atoms with van der Waals surface area (Å²) in [6, 6.07) is 15.9. The lowest BCUT2D eigenvalue weighted by Gasteiger charge is -2.34. The fourth-order valence-electron chi connectivity index (χ4n) is 4.82. The Morgan fingerprint density at radius 1 is 1.09 bits per heavy atom. The lowest BCUT2D eigenvalue weighted by molar-refractivity contribution is -0.152. The first-order valence-corrected chi connectivity index (χ1v) is 11.9. The van der Waals surface area contributed by atoms with E-state index in [2.05, 4.69) is 44.2 Å². The summed E-state index contributed by atoms with van der Waals surface area (Å²) in [4.78, 5) is 28.0. The van der Waals surface area contributed by atoms with E-state index in [1.165, 1.54) is 5.56 Å². The highest BCUT2D eigenvalue weighted by atomic mass is 16.5. The van der Waals surface area contributed by atoms with E-state index in [0.29, 0.717) is 19.6 Å². The zero-order valence-corrected chi connectivity index (χ0v) is 19.8. The summed E-state index contributed by atoms with van der Waals surface area (Å²) in [6.45, 7) is 7.19. The summed E-state index contributed by atoms with van der Waals surface area (Å²) in [5, 5.41) is 6.49. The number of rotatable bonds is 6. The van der Waals surface area contributed by atoms with Crippen LogP contribution in [0.15, 0.2) is 53.6 Å². The summed E-state index contributed by atoms with van der Waals surface area (Å²) in [5.74, 6) is -0.314. The zero-order chi connectivity index (χ0) is 23.4. The van der Waals surface area contributed by atoms with Crippen LogP contribution in [-0.4, -0.2) is 53.2 Å². The number of amides is 1. The summed E-state index contributed by atoms with van der Waals surface area (Å²) in [6.07, 6.45) is 3.34. The third-order valence-corrected chi connectivity index (χ3v) is 6.56. The molecule has 2 heterocycles. The smallest absolute Gasteiger partial charge is 0.323 e. The Kier molecular flexibility index (Phi) is 7.23. The Morgan fingerprint density at radius 2 is 1.88 bits per heavy atom.